The van der Waals surface area contributed by atoms with Crippen molar-refractivity contribution in [2.45, 2.75) is 6.10 Å². The normalized spacial score (nSPS) is 18.7. The Balaban J connectivity index is 1.60. The van der Waals surface area contributed by atoms with Crippen LogP contribution < -0.4 is 4.90 Å². The molecule has 0 amide bonds. The number of anilines is 1. The van der Waals surface area contributed by atoms with Crippen molar-refractivity contribution in [3.63, 3.8) is 0 Å². The van der Waals surface area contributed by atoms with Crippen LogP contribution in [0.15, 0.2) is 48.8 Å². The Hall–Kier alpha value is -2.60. The smallest absolute Gasteiger partial charge is 0.153 e. The maximum Gasteiger partial charge on any atom is 0.153 e. The van der Waals surface area contributed by atoms with Gasteiger partial charge < -0.3 is 14.7 Å². The van der Waals surface area contributed by atoms with Gasteiger partial charge in [0.1, 0.15) is 17.7 Å². The Kier molecular flexibility index (Phi) is 3.16. The molecule has 2 aromatic heterocycles. The Morgan fingerprint density at radius 2 is 2.18 bits per heavy atom. The van der Waals surface area contributed by atoms with Crippen molar-refractivity contribution >= 4 is 11.5 Å². The zero-order valence-electron chi connectivity index (χ0n) is 12.0. The van der Waals surface area contributed by atoms with Crippen LogP contribution in [-0.4, -0.2) is 39.4 Å². The van der Waals surface area contributed by atoms with Gasteiger partial charge in [-0.25, -0.2) is 9.50 Å². The summed E-state index contributed by atoms with van der Waals surface area (Å²) in [6.45, 7) is 2.13. The zero-order chi connectivity index (χ0) is 14.9. The van der Waals surface area contributed by atoms with Crippen molar-refractivity contribution in [3.8, 4) is 5.75 Å². The predicted molar refractivity (Wildman–Crippen MR) is 82.0 cm³/mol. The van der Waals surface area contributed by atoms with E-state index in [2.05, 4.69) is 15.0 Å². The number of aromatic hydroxyl groups is 1. The molecule has 0 saturated carbocycles. The number of aromatic nitrogens is 3. The summed E-state index contributed by atoms with van der Waals surface area (Å²) in [6, 6.07) is 11.2. The molecule has 112 valence electrons. The summed E-state index contributed by atoms with van der Waals surface area (Å²) >= 11 is 0. The molecule has 6 heteroatoms. The van der Waals surface area contributed by atoms with Crippen LogP contribution in [0.2, 0.25) is 0 Å². The first-order valence-electron chi connectivity index (χ1n) is 7.25. The van der Waals surface area contributed by atoms with Gasteiger partial charge in [-0.1, -0.05) is 12.1 Å². The molecule has 22 heavy (non-hydrogen) atoms. The van der Waals surface area contributed by atoms with E-state index in [0.29, 0.717) is 13.2 Å². The quantitative estimate of drug-likeness (QED) is 0.784. The van der Waals surface area contributed by atoms with Gasteiger partial charge in [0, 0.05) is 25.5 Å². The Morgan fingerprint density at radius 1 is 1.23 bits per heavy atom. The highest BCUT2D eigenvalue weighted by molar-refractivity contribution is 5.46. The van der Waals surface area contributed by atoms with E-state index in [1.807, 2.05) is 30.5 Å². The number of benzene rings is 1. The summed E-state index contributed by atoms with van der Waals surface area (Å²) in [5.74, 6) is 1.16. The van der Waals surface area contributed by atoms with Crippen LogP contribution in [0.3, 0.4) is 0 Å². The van der Waals surface area contributed by atoms with E-state index in [4.69, 9.17) is 4.74 Å². The topological polar surface area (TPSA) is 62.9 Å². The van der Waals surface area contributed by atoms with Gasteiger partial charge in [-0.2, -0.15) is 0 Å². The van der Waals surface area contributed by atoms with Crippen LogP contribution in [0.25, 0.3) is 5.65 Å². The molecular weight excluding hydrogens is 280 g/mol. The van der Waals surface area contributed by atoms with E-state index in [9.17, 15) is 5.11 Å². The standard InChI is InChI=1S/C16H16N4O2/c21-13-3-1-2-12(10-13)14-11-19(8-9-22-14)16-5-4-15-17-6-7-20(15)18-16/h1-7,10,14,21H,8-9,11H2/t14-/m0/s1. The molecule has 1 aliphatic rings. The molecule has 1 aliphatic heterocycles. The third kappa shape index (κ3) is 2.37. The lowest BCUT2D eigenvalue weighted by atomic mass is 10.1. The SMILES string of the molecule is Oc1cccc([C@@H]2CN(c3ccc4nccn4n3)CCO2)c1. The van der Waals surface area contributed by atoms with Crippen molar-refractivity contribution in [1.82, 2.24) is 14.6 Å². The maximum absolute atomic E-state index is 9.63. The fourth-order valence-corrected chi connectivity index (χ4v) is 2.76. The molecule has 1 N–H and O–H groups in total. The lowest BCUT2D eigenvalue weighted by Crippen LogP contribution is -2.39. The lowest BCUT2D eigenvalue weighted by Gasteiger charge is -2.33. The minimum Gasteiger partial charge on any atom is -0.508 e. The van der Waals surface area contributed by atoms with Gasteiger partial charge >= 0.3 is 0 Å². The van der Waals surface area contributed by atoms with Crippen LogP contribution >= 0.6 is 0 Å². The number of nitrogens with zero attached hydrogens (tertiary/aromatic N) is 4. The van der Waals surface area contributed by atoms with Crippen molar-refractivity contribution < 1.29 is 9.84 Å². The predicted octanol–water partition coefficient (Wildman–Crippen LogP) is 2.01. The highest BCUT2D eigenvalue weighted by atomic mass is 16.5. The zero-order valence-corrected chi connectivity index (χ0v) is 12.0. The summed E-state index contributed by atoms with van der Waals surface area (Å²) in [6.07, 6.45) is 3.51. The minimum atomic E-state index is -0.0684. The summed E-state index contributed by atoms with van der Waals surface area (Å²) < 4.78 is 7.62. The van der Waals surface area contributed by atoms with Crippen LogP contribution in [0, 0.1) is 0 Å². The van der Waals surface area contributed by atoms with Crippen molar-refractivity contribution in [1.29, 1.82) is 0 Å². The number of hydrogen-bond donors (Lipinski definition) is 1. The lowest BCUT2D eigenvalue weighted by molar-refractivity contribution is 0.0393. The number of imidazole rings is 1. The molecule has 1 saturated heterocycles. The van der Waals surface area contributed by atoms with Gasteiger partial charge in [0.25, 0.3) is 0 Å². The first kappa shape index (κ1) is 13.1. The Bertz CT molecular complexity index is 801. The van der Waals surface area contributed by atoms with Crippen molar-refractivity contribution in [2.24, 2.45) is 0 Å². The summed E-state index contributed by atoms with van der Waals surface area (Å²) in [4.78, 5) is 6.40. The second-order valence-electron chi connectivity index (χ2n) is 5.32. The molecule has 1 atom stereocenters. The largest absolute Gasteiger partial charge is 0.508 e. The second kappa shape index (κ2) is 5.31. The Morgan fingerprint density at radius 3 is 3.09 bits per heavy atom. The average Bonchev–Trinajstić information content (AvgIpc) is 3.02. The fraction of sp³-hybridized carbons (Fsp3) is 0.250. The van der Waals surface area contributed by atoms with Crippen LogP contribution in [-0.2, 0) is 4.74 Å². The number of fused-ring (bicyclic) bond motifs is 1. The maximum atomic E-state index is 9.63. The third-order valence-electron chi connectivity index (χ3n) is 3.87. The molecule has 6 nitrogen and oxygen atoms in total. The average molecular weight is 296 g/mol. The molecule has 0 radical (unpaired) electrons. The van der Waals surface area contributed by atoms with E-state index in [0.717, 1.165) is 23.6 Å². The van der Waals surface area contributed by atoms with Crippen molar-refractivity contribution in [2.75, 3.05) is 24.6 Å². The van der Waals surface area contributed by atoms with Gasteiger partial charge in [0.2, 0.25) is 0 Å². The van der Waals surface area contributed by atoms with Crippen molar-refractivity contribution in [3.05, 3.63) is 54.4 Å². The summed E-state index contributed by atoms with van der Waals surface area (Å²) in [5, 5.41) is 14.2. The van der Waals surface area contributed by atoms with E-state index >= 15 is 0 Å². The molecule has 0 aliphatic carbocycles. The van der Waals surface area contributed by atoms with Crippen LogP contribution in [0.5, 0.6) is 5.75 Å². The molecule has 0 unspecified atom stereocenters. The first-order chi connectivity index (χ1) is 10.8. The van der Waals surface area contributed by atoms with E-state index < -0.39 is 0 Å². The molecule has 1 aromatic carbocycles. The van der Waals surface area contributed by atoms with Crippen LogP contribution in [0.1, 0.15) is 11.7 Å². The van der Waals surface area contributed by atoms with Gasteiger partial charge in [-0.15, -0.1) is 5.10 Å². The molecule has 0 bridgehead atoms. The van der Waals surface area contributed by atoms with Gasteiger partial charge in [0.15, 0.2) is 5.65 Å². The molecule has 4 rings (SSSR count). The number of morpholine rings is 1. The van der Waals surface area contributed by atoms with E-state index in [1.54, 1.807) is 22.8 Å². The molecule has 0 spiro atoms. The summed E-state index contributed by atoms with van der Waals surface area (Å²) in [7, 11) is 0. The monoisotopic (exact) mass is 296 g/mol. The van der Waals surface area contributed by atoms with Crippen LogP contribution in [0.4, 0.5) is 5.82 Å². The number of hydrogen-bond acceptors (Lipinski definition) is 5. The number of rotatable bonds is 2. The Labute approximate surface area is 127 Å². The second-order valence-corrected chi connectivity index (χ2v) is 5.32. The van der Waals surface area contributed by atoms with Gasteiger partial charge in [0.05, 0.1) is 6.61 Å². The first-order valence-corrected chi connectivity index (χ1v) is 7.25. The molecule has 3 aromatic rings. The van der Waals surface area contributed by atoms with Gasteiger partial charge in [-0.05, 0) is 29.8 Å². The summed E-state index contributed by atoms with van der Waals surface area (Å²) in [5.41, 5.74) is 1.81. The van der Waals surface area contributed by atoms with E-state index in [1.165, 1.54) is 0 Å². The highest BCUT2D eigenvalue weighted by Gasteiger charge is 2.23. The molecule has 1 fully saturated rings. The molecule has 3 heterocycles. The highest BCUT2D eigenvalue weighted by Crippen LogP contribution is 2.27. The molecular formula is C16H16N4O2. The fourth-order valence-electron chi connectivity index (χ4n) is 2.76. The number of ether oxygens (including phenoxy) is 1. The number of phenols is 1. The minimum absolute atomic E-state index is 0.0684. The number of phenolic OH excluding ortho intramolecular Hbond substituents is 1. The van der Waals surface area contributed by atoms with E-state index in [-0.39, 0.29) is 11.9 Å². The third-order valence-corrected chi connectivity index (χ3v) is 3.87. The van der Waals surface area contributed by atoms with Gasteiger partial charge in [-0.3, -0.25) is 0 Å².